The summed E-state index contributed by atoms with van der Waals surface area (Å²) in [5, 5.41) is 26.0. The highest BCUT2D eigenvalue weighted by Gasteiger charge is 2.39. The van der Waals surface area contributed by atoms with E-state index >= 15 is 0 Å². The second-order valence-electron chi connectivity index (χ2n) is 12.2. The third-order valence-electron chi connectivity index (χ3n) is 9.34. The average molecular weight is 573 g/mol. The molecular weight excluding hydrogens is 532 g/mol. The minimum Gasteiger partial charge on any atom is -0.493 e. The molecule has 6 rings (SSSR count). The maximum absolute atomic E-state index is 13.7. The highest BCUT2D eigenvalue weighted by molar-refractivity contribution is 5.97. The Morgan fingerprint density at radius 3 is 2.62 bits per heavy atom. The van der Waals surface area contributed by atoms with Crippen LogP contribution >= 0.6 is 0 Å². The number of likely N-dealkylation sites (tertiary alicyclic amines) is 1. The highest BCUT2D eigenvalue weighted by Crippen LogP contribution is 2.37. The van der Waals surface area contributed by atoms with E-state index in [-0.39, 0.29) is 30.5 Å². The van der Waals surface area contributed by atoms with Gasteiger partial charge in [0.25, 0.3) is 5.91 Å². The number of fused-ring (bicyclic) bond motifs is 5. The van der Waals surface area contributed by atoms with Crippen LogP contribution in [0.4, 0.5) is 0 Å². The van der Waals surface area contributed by atoms with E-state index in [0.717, 1.165) is 18.4 Å². The van der Waals surface area contributed by atoms with E-state index in [2.05, 4.69) is 27.7 Å². The maximum atomic E-state index is 13.7. The molecule has 2 aromatic carbocycles. The van der Waals surface area contributed by atoms with Crippen molar-refractivity contribution in [2.45, 2.75) is 94.2 Å². The minimum atomic E-state index is -0.638. The Labute approximate surface area is 247 Å². The number of benzene rings is 2. The topological polar surface area (TPSA) is 124 Å². The lowest BCUT2D eigenvalue weighted by Crippen LogP contribution is -2.50. The van der Waals surface area contributed by atoms with Crippen LogP contribution in [0.5, 0.6) is 5.75 Å². The molecule has 0 unspecified atom stereocenters. The summed E-state index contributed by atoms with van der Waals surface area (Å²) in [5.74, 6) is 0.751. The Morgan fingerprint density at radius 1 is 1.02 bits per heavy atom. The molecular formula is C33H40N4O5. The fourth-order valence-corrected chi connectivity index (χ4v) is 6.96. The number of amides is 2. The quantitative estimate of drug-likeness (QED) is 0.515. The molecule has 4 bridgehead atoms. The van der Waals surface area contributed by atoms with E-state index in [1.54, 1.807) is 12.1 Å². The maximum Gasteiger partial charge on any atom is 0.255 e. The smallest absolute Gasteiger partial charge is 0.255 e. The fourth-order valence-electron chi connectivity index (χ4n) is 6.96. The normalized spacial score (nSPS) is 29.2. The van der Waals surface area contributed by atoms with E-state index in [1.807, 2.05) is 24.3 Å². The van der Waals surface area contributed by atoms with Crippen LogP contribution in [0.15, 0.2) is 42.5 Å². The molecule has 1 aliphatic carbocycles. The van der Waals surface area contributed by atoms with Crippen molar-refractivity contribution in [1.82, 2.24) is 15.5 Å². The van der Waals surface area contributed by atoms with Crippen LogP contribution in [0.1, 0.15) is 84.3 Å². The molecule has 3 aliphatic heterocycles. The van der Waals surface area contributed by atoms with Gasteiger partial charge in [0, 0.05) is 32.1 Å². The first-order chi connectivity index (χ1) is 20.5. The fraction of sp³-hybridized carbons (Fsp3) is 0.545. The van der Waals surface area contributed by atoms with E-state index < -0.39 is 18.2 Å². The Balaban J connectivity index is 1.27. The Bertz CT molecular complexity index is 1320. The number of hydrogen-bond acceptors (Lipinski definition) is 7. The van der Waals surface area contributed by atoms with Crippen molar-refractivity contribution in [3.63, 3.8) is 0 Å². The molecule has 2 saturated heterocycles. The standard InChI is InChI=1S/C33H40N4O5/c34-17-21-5-7-22(8-6-21)19-37-20-25-16-28(37)33(40)35-18-31-29(38)12-10-26(42-31)13-14-41-30-15-24(23-3-1-2-4-23)9-11-27(30)32(39)36-25/h5-9,11,15,23,25-26,28-29,31,38H,1-4,10,12-14,16,18-20H2,(H,35,40)(H,36,39)/t25-,26-,28-,29-,31+/m0/s1. The van der Waals surface area contributed by atoms with Crippen LogP contribution in [0.2, 0.25) is 0 Å². The first-order valence-corrected chi connectivity index (χ1v) is 15.4. The van der Waals surface area contributed by atoms with Gasteiger partial charge >= 0.3 is 0 Å². The summed E-state index contributed by atoms with van der Waals surface area (Å²) in [6.07, 6.45) is 5.97. The molecule has 9 nitrogen and oxygen atoms in total. The third-order valence-corrected chi connectivity index (χ3v) is 9.34. The molecule has 9 heteroatoms. The molecule has 0 spiro atoms. The van der Waals surface area contributed by atoms with Crippen molar-refractivity contribution in [3.05, 3.63) is 64.7 Å². The minimum absolute atomic E-state index is 0.0951. The van der Waals surface area contributed by atoms with Gasteiger partial charge in [0.05, 0.1) is 42.1 Å². The van der Waals surface area contributed by atoms with Gasteiger partial charge in [-0.25, -0.2) is 0 Å². The predicted octanol–water partition coefficient (Wildman–Crippen LogP) is 3.40. The second-order valence-corrected chi connectivity index (χ2v) is 12.2. The molecule has 2 amide bonds. The summed E-state index contributed by atoms with van der Waals surface area (Å²) in [5.41, 5.74) is 3.29. The predicted molar refractivity (Wildman–Crippen MR) is 156 cm³/mol. The van der Waals surface area contributed by atoms with Crippen molar-refractivity contribution in [2.24, 2.45) is 0 Å². The lowest BCUT2D eigenvalue weighted by Gasteiger charge is -2.34. The summed E-state index contributed by atoms with van der Waals surface area (Å²) in [4.78, 5) is 29.2. The molecule has 3 fully saturated rings. The molecule has 42 heavy (non-hydrogen) atoms. The molecule has 5 atom stereocenters. The van der Waals surface area contributed by atoms with Crippen LogP contribution < -0.4 is 15.4 Å². The first kappa shape index (κ1) is 28.7. The Hall–Kier alpha value is -3.45. The number of carbonyl (C=O) groups excluding carboxylic acids is 2. The summed E-state index contributed by atoms with van der Waals surface area (Å²) < 4.78 is 12.5. The molecule has 2 aromatic rings. The van der Waals surface area contributed by atoms with Gasteiger partial charge in [0.15, 0.2) is 0 Å². The summed E-state index contributed by atoms with van der Waals surface area (Å²) in [6.45, 7) is 1.64. The average Bonchev–Trinajstić information content (AvgIpc) is 3.68. The lowest BCUT2D eigenvalue weighted by molar-refractivity contribution is -0.133. The number of ether oxygens (including phenoxy) is 2. The van der Waals surface area contributed by atoms with Crippen LogP contribution in [0.25, 0.3) is 0 Å². The van der Waals surface area contributed by atoms with Crippen molar-refractivity contribution < 1.29 is 24.2 Å². The van der Waals surface area contributed by atoms with Crippen LogP contribution in [-0.4, -0.2) is 71.9 Å². The van der Waals surface area contributed by atoms with Gasteiger partial charge < -0.3 is 25.2 Å². The van der Waals surface area contributed by atoms with E-state index in [4.69, 9.17) is 14.7 Å². The highest BCUT2D eigenvalue weighted by atomic mass is 16.5. The molecule has 222 valence electrons. The number of carbonyl (C=O) groups is 2. The van der Waals surface area contributed by atoms with Crippen molar-refractivity contribution in [2.75, 3.05) is 19.7 Å². The SMILES string of the molecule is N#Cc1ccc(CN2C[C@@H]3C[C@H]2C(=O)NC[C@H]2O[C@H](CCOc4cc(C5CCCC5)ccc4C(=O)N3)CC[C@@H]2O)cc1. The number of nitrogens with zero attached hydrogens (tertiary/aromatic N) is 2. The van der Waals surface area contributed by atoms with Crippen molar-refractivity contribution >= 4 is 11.8 Å². The zero-order valence-electron chi connectivity index (χ0n) is 24.0. The van der Waals surface area contributed by atoms with Crippen LogP contribution in [0, 0.1) is 11.3 Å². The number of rotatable bonds is 3. The van der Waals surface area contributed by atoms with E-state index in [9.17, 15) is 14.7 Å². The van der Waals surface area contributed by atoms with Gasteiger partial charge in [-0.15, -0.1) is 0 Å². The Morgan fingerprint density at radius 2 is 1.83 bits per heavy atom. The molecule has 0 radical (unpaired) electrons. The number of hydrogen-bond donors (Lipinski definition) is 3. The van der Waals surface area contributed by atoms with Gasteiger partial charge in [0.1, 0.15) is 11.9 Å². The largest absolute Gasteiger partial charge is 0.493 e. The lowest BCUT2D eigenvalue weighted by atomic mass is 9.95. The summed E-state index contributed by atoms with van der Waals surface area (Å²) in [7, 11) is 0. The van der Waals surface area contributed by atoms with Gasteiger partial charge in [-0.3, -0.25) is 14.5 Å². The molecule has 0 aromatic heterocycles. The Kier molecular flexibility index (Phi) is 8.75. The zero-order valence-corrected chi connectivity index (χ0v) is 24.0. The van der Waals surface area contributed by atoms with Crippen molar-refractivity contribution in [3.8, 4) is 11.8 Å². The first-order valence-electron chi connectivity index (χ1n) is 15.4. The molecule has 1 saturated carbocycles. The van der Waals surface area contributed by atoms with Crippen molar-refractivity contribution in [1.29, 1.82) is 5.26 Å². The number of nitrogens with one attached hydrogen (secondary N) is 2. The molecule has 3 N–H and O–H groups in total. The van der Waals surface area contributed by atoms with Gasteiger partial charge in [0.2, 0.25) is 5.91 Å². The number of nitriles is 1. The number of aliphatic hydroxyl groups is 1. The van der Waals surface area contributed by atoms with E-state index in [1.165, 1.54) is 18.4 Å². The molecule has 3 heterocycles. The zero-order chi connectivity index (χ0) is 29.1. The monoisotopic (exact) mass is 572 g/mol. The van der Waals surface area contributed by atoms with Crippen LogP contribution in [-0.2, 0) is 16.1 Å². The number of aliphatic hydroxyl groups excluding tert-OH is 1. The third kappa shape index (κ3) is 6.46. The van der Waals surface area contributed by atoms with Gasteiger partial charge in [-0.05, 0) is 73.4 Å². The van der Waals surface area contributed by atoms with Gasteiger partial charge in [-0.2, -0.15) is 5.26 Å². The molecule has 4 aliphatic rings. The van der Waals surface area contributed by atoms with Gasteiger partial charge in [-0.1, -0.05) is 31.0 Å². The van der Waals surface area contributed by atoms with Crippen LogP contribution in [0.3, 0.4) is 0 Å². The summed E-state index contributed by atoms with van der Waals surface area (Å²) in [6, 6.07) is 14.8. The summed E-state index contributed by atoms with van der Waals surface area (Å²) >= 11 is 0. The second kappa shape index (κ2) is 12.8. The van der Waals surface area contributed by atoms with E-state index in [0.29, 0.717) is 68.2 Å².